The molecule has 0 saturated heterocycles. The molecule has 2 aromatic heterocycles. The Morgan fingerprint density at radius 2 is 2.04 bits per heavy atom. The van der Waals surface area contributed by atoms with Crippen LogP contribution >= 0.6 is 0 Å². The van der Waals surface area contributed by atoms with Crippen LogP contribution in [0.25, 0.3) is 10.9 Å². The Labute approximate surface area is 144 Å². The highest BCUT2D eigenvalue weighted by atomic mass is 19.1. The fraction of sp³-hybridized carbons (Fsp3) is 0.263. The summed E-state index contributed by atoms with van der Waals surface area (Å²) in [6.45, 7) is 6.64. The zero-order valence-electron chi connectivity index (χ0n) is 14.4. The largest absolute Gasteiger partial charge is 0.470 e. The molecular formula is C19H19F2N3O. The number of hydrogen-bond acceptors (Lipinski definition) is 3. The molecule has 0 spiro atoms. The van der Waals surface area contributed by atoms with Crippen LogP contribution in [0, 0.1) is 25.5 Å². The zero-order valence-corrected chi connectivity index (χ0v) is 14.4. The fourth-order valence-corrected chi connectivity index (χ4v) is 2.78. The van der Waals surface area contributed by atoms with Crippen molar-refractivity contribution in [2.24, 2.45) is 0 Å². The van der Waals surface area contributed by atoms with Crippen molar-refractivity contribution in [3.8, 4) is 5.88 Å². The van der Waals surface area contributed by atoms with Gasteiger partial charge in [0.15, 0.2) is 0 Å². The summed E-state index contributed by atoms with van der Waals surface area (Å²) in [5, 5.41) is 9.03. The number of hydrogen-bond donors (Lipinski definition) is 0. The summed E-state index contributed by atoms with van der Waals surface area (Å²) in [4.78, 5) is 0. The van der Waals surface area contributed by atoms with Gasteiger partial charge in [-0.15, -0.1) is 5.10 Å². The van der Waals surface area contributed by atoms with Crippen molar-refractivity contribution in [3.63, 3.8) is 0 Å². The average Bonchev–Trinajstić information content (AvgIpc) is 2.84. The first kappa shape index (κ1) is 17.1. The smallest absolute Gasteiger partial charge is 0.258 e. The Bertz CT molecular complexity index is 947. The van der Waals surface area contributed by atoms with Crippen LogP contribution in [0.5, 0.6) is 5.88 Å². The van der Waals surface area contributed by atoms with Gasteiger partial charge < -0.3 is 9.30 Å². The number of nitrogens with zero attached hydrogens (tertiary/aromatic N) is 3. The van der Waals surface area contributed by atoms with Crippen molar-refractivity contribution in [2.75, 3.05) is 0 Å². The number of halogens is 2. The van der Waals surface area contributed by atoms with E-state index in [1.54, 1.807) is 6.20 Å². The summed E-state index contributed by atoms with van der Waals surface area (Å²) in [5.41, 5.74) is 3.29. The Morgan fingerprint density at radius 3 is 2.76 bits per heavy atom. The van der Waals surface area contributed by atoms with Crippen molar-refractivity contribution in [1.82, 2.24) is 14.8 Å². The van der Waals surface area contributed by atoms with Crippen molar-refractivity contribution in [1.29, 1.82) is 0 Å². The van der Waals surface area contributed by atoms with E-state index < -0.39 is 11.6 Å². The van der Waals surface area contributed by atoms with Crippen molar-refractivity contribution in [2.45, 2.75) is 33.9 Å². The number of benzene rings is 1. The number of aryl methyl sites for hydroxylation is 1. The van der Waals surface area contributed by atoms with E-state index in [2.05, 4.69) is 14.8 Å². The maximum absolute atomic E-state index is 13.8. The second kappa shape index (κ2) is 7.01. The molecule has 130 valence electrons. The molecule has 0 amide bonds. The third kappa shape index (κ3) is 3.24. The number of ether oxygens (including phenoxy) is 1. The van der Waals surface area contributed by atoms with Crippen LogP contribution in [0.2, 0.25) is 0 Å². The molecule has 3 aromatic rings. The van der Waals surface area contributed by atoms with Gasteiger partial charge in [0, 0.05) is 29.3 Å². The summed E-state index contributed by atoms with van der Waals surface area (Å²) >= 11 is 0. The lowest BCUT2D eigenvalue weighted by Gasteiger charge is -2.10. The molecule has 0 fully saturated rings. The predicted octanol–water partition coefficient (Wildman–Crippen LogP) is 4.48. The van der Waals surface area contributed by atoms with E-state index in [0.717, 1.165) is 28.2 Å². The van der Waals surface area contributed by atoms with Gasteiger partial charge in [0.1, 0.15) is 23.8 Å². The molecule has 0 N–H and O–H groups in total. The van der Waals surface area contributed by atoms with Gasteiger partial charge >= 0.3 is 0 Å². The third-order valence-corrected chi connectivity index (χ3v) is 4.32. The molecule has 0 radical (unpaired) electrons. The van der Waals surface area contributed by atoms with Crippen molar-refractivity contribution in [3.05, 3.63) is 65.0 Å². The van der Waals surface area contributed by atoms with Crippen LogP contribution in [0.3, 0.4) is 0 Å². The minimum absolute atomic E-state index is 0.0488. The molecular weight excluding hydrogens is 324 g/mol. The summed E-state index contributed by atoms with van der Waals surface area (Å²) in [6, 6.07) is 3.42. The fourth-order valence-electron chi connectivity index (χ4n) is 2.78. The first-order valence-corrected chi connectivity index (χ1v) is 8.02. The topological polar surface area (TPSA) is 39.9 Å². The number of fused-ring (bicyclic) bond motifs is 1. The van der Waals surface area contributed by atoms with Crippen LogP contribution in [-0.2, 0) is 13.2 Å². The molecule has 0 aliphatic heterocycles. The van der Waals surface area contributed by atoms with Gasteiger partial charge in [-0.3, -0.25) is 0 Å². The Hall–Kier alpha value is -2.76. The predicted molar refractivity (Wildman–Crippen MR) is 92.5 cm³/mol. The molecule has 0 saturated carbocycles. The summed E-state index contributed by atoms with van der Waals surface area (Å²) in [7, 11) is 0. The van der Waals surface area contributed by atoms with Crippen LogP contribution < -0.4 is 4.74 Å². The molecule has 3 rings (SSSR count). The lowest BCUT2D eigenvalue weighted by Crippen LogP contribution is -2.05. The molecule has 0 aliphatic rings. The van der Waals surface area contributed by atoms with E-state index in [4.69, 9.17) is 4.74 Å². The summed E-state index contributed by atoms with van der Waals surface area (Å²) in [6.07, 6.45) is 5.72. The Balaban J connectivity index is 1.99. The zero-order chi connectivity index (χ0) is 18.0. The number of rotatable bonds is 5. The lowest BCUT2D eigenvalue weighted by atomic mass is 10.2. The van der Waals surface area contributed by atoms with Crippen LogP contribution in [0.15, 0.2) is 36.5 Å². The average molecular weight is 343 g/mol. The molecule has 2 heterocycles. The first-order chi connectivity index (χ1) is 12.0. The summed E-state index contributed by atoms with van der Waals surface area (Å²) < 4.78 is 34.7. The Kier molecular flexibility index (Phi) is 4.79. The number of allylic oxidation sites excluding steroid dienone is 2. The third-order valence-electron chi connectivity index (χ3n) is 4.32. The molecule has 1 aromatic carbocycles. The molecule has 0 unspecified atom stereocenters. The van der Waals surface area contributed by atoms with E-state index in [-0.39, 0.29) is 12.2 Å². The maximum atomic E-state index is 13.8. The SMILES string of the molecule is CC=CCn1c(C)c(C)c2cnnc(OCc3ccc(F)cc3F)c21. The summed E-state index contributed by atoms with van der Waals surface area (Å²) in [5.74, 6) is -0.923. The second-order valence-electron chi connectivity index (χ2n) is 5.83. The molecule has 6 heteroatoms. The standard InChI is InChI=1S/C19H19F2N3O/c1-4-5-8-24-13(3)12(2)16-10-22-23-19(18(16)24)25-11-14-6-7-15(20)9-17(14)21/h4-7,9-10H,8,11H2,1-3H3. The first-order valence-electron chi connectivity index (χ1n) is 8.02. The molecule has 0 aliphatic carbocycles. The van der Waals surface area contributed by atoms with Gasteiger partial charge in [0.2, 0.25) is 0 Å². The normalized spacial score (nSPS) is 11.6. The van der Waals surface area contributed by atoms with Crippen LogP contribution in [0.4, 0.5) is 8.78 Å². The minimum atomic E-state index is -0.642. The van der Waals surface area contributed by atoms with Gasteiger partial charge in [0.25, 0.3) is 5.88 Å². The minimum Gasteiger partial charge on any atom is -0.470 e. The monoisotopic (exact) mass is 343 g/mol. The van der Waals surface area contributed by atoms with Gasteiger partial charge in [-0.1, -0.05) is 12.2 Å². The molecule has 0 bridgehead atoms. The van der Waals surface area contributed by atoms with E-state index >= 15 is 0 Å². The quantitative estimate of drug-likeness (QED) is 0.641. The second-order valence-corrected chi connectivity index (χ2v) is 5.83. The van der Waals surface area contributed by atoms with Gasteiger partial charge in [-0.25, -0.2) is 8.78 Å². The van der Waals surface area contributed by atoms with E-state index in [0.29, 0.717) is 12.4 Å². The van der Waals surface area contributed by atoms with E-state index in [1.165, 1.54) is 12.1 Å². The lowest BCUT2D eigenvalue weighted by molar-refractivity contribution is 0.287. The van der Waals surface area contributed by atoms with Crippen molar-refractivity contribution >= 4 is 10.9 Å². The van der Waals surface area contributed by atoms with Gasteiger partial charge in [0.05, 0.1) is 6.20 Å². The van der Waals surface area contributed by atoms with Crippen LogP contribution in [0.1, 0.15) is 23.7 Å². The highest BCUT2D eigenvalue weighted by Gasteiger charge is 2.17. The van der Waals surface area contributed by atoms with E-state index in [9.17, 15) is 8.78 Å². The molecule has 4 nitrogen and oxygen atoms in total. The molecule has 25 heavy (non-hydrogen) atoms. The highest BCUT2D eigenvalue weighted by Crippen LogP contribution is 2.30. The highest BCUT2D eigenvalue weighted by molar-refractivity contribution is 5.88. The molecule has 0 atom stereocenters. The van der Waals surface area contributed by atoms with Gasteiger partial charge in [-0.2, -0.15) is 5.10 Å². The van der Waals surface area contributed by atoms with E-state index in [1.807, 2.05) is 32.9 Å². The van der Waals surface area contributed by atoms with Crippen LogP contribution in [-0.4, -0.2) is 14.8 Å². The van der Waals surface area contributed by atoms with Crippen molar-refractivity contribution < 1.29 is 13.5 Å². The Morgan fingerprint density at radius 1 is 1.24 bits per heavy atom. The number of aromatic nitrogens is 3. The van der Waals surface area contributed by atoms with Gasteiger partial charge in [-0.05, 0) is 38.5 Å². The maximum Gasteiger partial charge on any atom is 0.258 e.